The fourth-order valence-electron chi connectivity index (χ4n) is 7.15. The third kappa shape index (κ3) is 5.91. The van der Waals surface area contributed by atoms with E-state index >= 15 is 0 Å². The van der Waals surface area contributed by atoms with Crippen molar-refractivity contribution in [1.82, 2.24) is 24.3 Å². The Kier molecular flexibility index (Phi) is 8.40. The number of benzene rings is 2. The van der Waals surface area contributed by atoms with E-state index < -0.39 is 12.4 Å². The number of imidazole rings is 1. The molecule has 0 spiro atoms. The van der Waals surface area contributed by atoms with Crippen molar-refractivity contribution in [2.75, 3.05) is 29.4 Å². The molecule has 5 aromatic rings. The first-order chi connectivity index (χ1) is 23.2. The van der Waals surface area contributed by atoms with Crippen LogP contribution in [0.1, 0.15) is 59.4 Å². The summed E-state index contributed by atoms with van der Waals surface area (Å²) in [6, 6.07) is 16.4. The van der Waals surface area contributed by atoms with Crippen LogP contribution in [0.4, 0.5) is 26.0 Å². The number of anilines is 3. The van der Waals surface area contributed by atoms with Crippen molar-refractivity contribution in [2.24, 2.45) is 20.0 Å². The maximum Gasteiger partial charge on any atom is 0.356 e. The molecule has 0 radical (unpaired) electrons. The van der Waals surface area contributed by atoms with Crippen LogP contribution in [0, 0.1) is 5.92 Å². The van der Waals surface area contributed by atoms with Gasteiger partial charge in [-0.2, -0.15) is 0 Å². The molecule has 10 nitrogen and oxygen atoms in total. The van der Waals surface area contributed by atoms with E-state index in [1.165, 1.54) is 6.07 Å². The number of hydrogen-bond acceptors (Lipinski definition) is 7. The number of carbonyl (C=O) groups is 1. The van der Waals surface area contributed by atoms with E-state index in [-0.39, 0.29) is 16.9 Å². The van der Waals surface area contributed by atoms with Gasteiger partial charge < -0.3 is 14.9 Å². The van der Waals surface area contributed by atoms with Gasteiger partial charge in [0.25, 0.3) is 6.43 Å². The van der Waals surface area contributed by atoms with Crippen molar-refractivity contribution in [3.05, 3.63) is 93.8 Å². The van der Waals surface area contributed by atoms with Crippen molar-refractivity contribution >= 4 is 34.2 Å². The van der Waals surface area contributed by atoms with Gasteiger partial charge >= 0.3 is 11.7 Å². The topological polar surface area (TPSA) is 109 Å². The van der Waals surface area contributed by atoms with Crippen LogP contribution in [0.15, 0.2) is 65.6 Å². The number of rotatable bonds is 8. The zero-order valence-electron chi connectivity index (χ0n) is 26.9. The summed E-state index contributed by atoms with van der Waals surface area (Å²) in [5, 5.41) is 16.9. The molecule has 0 bridgehead atoms. The summed E-state index contributed by atoms with van der Waals surface area (Å²) in [4.78, 5) is 32.4. The molecule has 248 valence electrons. The number of piperidine rings is 1. The lowest BCUT2D eigenvalue weighted by molar-refractivity contribution is 0.0689. The van der Waals surface area contributed by atoms with Crippen LogP contribution in [0.2, 0.25) is 0 Å². The van der Waals surface area contributed by atoms with E-state index in [2.05, 4.69) is 25.0 Å². The summed E-state index contributed by atoms with van der Waals surface area (Å²) in [7, 11) is 3.49. The molecule has 1 N–H and O–H groups in total. The standard InChI is InChI=1S/C36H37F2N7O3/c1-42-30-11-9-26(19-32(30)43(2)36(42)48)45-15-3-4-23-18-27(28(34(37)38)20-31(23)45)24-6-8-25(39-21-24)7-5-22-13-16-44(17-14-22)33-12-10-29(35(46)47)40-41-33/h6,8-12,18-22,34H,3-5,7,13-17H2,1-2H3,(H,46,47). The zero-order chi connectivity index (χ0) is 33.5. The van der Waals surface area contributed by atoms with Gasteiger partial charge in [0, 0.05) is 68.1 Å². The molecule has 3 aromatic heterocycles. The molecule has 7 rings (SSSR count). The first-order valence-electron chi connectivity index (χ1n) is 16.3. The van der Waals surface area contributed by atoms with Crippen molar-refractivity contribution in [3.8, 4) is 11.1 Å². The van der Waals surface area contributed by atoms with E-state index in [4.69, 9.17) is 5.11 Å². The lowest BCUT2D eigenvalue weighted by Crippen LogP contribution is -2.34. The number of aryl methyl sites for hydroxylation is 4. The van der Waals surface area contributed by atoms with E-state index in [1.54, 1.807) is 41.6 Å². The third-order valence-electron chi connectivity index (χ3n) is 9.92. The van der Waals surface area contributed by atoms with Crippen molar-refractivity contribution in [2.45, 2.75) is 45.0 Å². The average molecular weight is 654 g/mol. The van der Waals surface area contributed by atoms with Crippen molar-refractivity contribution < 1.29 is 18.7 Å². The molecule has 2 aromatic carbocycles. The fourth-order valence-corrected chi connectivity index (χ4v) is 7.15. The van der Waals surface area contributed by atoms with E-state index in [0.29, 0.717) is 29.4 Å². The molecular formula is C36H37F2N7O3. The Morgan fingerprint density at radius 2 is 1.75 bits per heavy atom. The minimum Gasteiger partial charge on any atom is -0.476 e. The Bertz CT molecular complexity index is 2030. The largest absolute Gasteiger partial charge is 0.476 e. The van der Waals surface area contributed by atoms with Crippen LogP contribution in [-0.2, 0) is 26.9 Å². The number of halogens is 2. The van der Waals surface area contributed by atoms with Gasteiger partial charge in [0.1, 0.15) is 0 Å². The summed E-state index contributed by atoms with van der Waals surface area (Å²) in [6.45, 7) is 2.35. The number of carboxylic acids is 1. The van der Waals surface area contributed by atoms with Crippen LogP contribution >= 0.6 is 0 Å². The van der Waals surface area contributed by atoms with Gasteiger partial charge in [0.05, 0.1) is 11.0 Å². The second-order valence-electron chi connectivity index (χ2n) is 12.8. The van der Waals surface area contributed by atoms with Gasteiger partial charge in [-0.1, -0.05) is 6.07 Å². The zero-order valence-corrected chi connectivity index (χ0v) is 26.9. The quantitative estimate of drug-likeness (QED) is 0.208. The first kappa shape index (κ1) is 31.5. The Hall–Kier alpha value is -5.13. The molecule has 0 amide bonds. The average Bonchev–Trinajstić information content (AvgIpc) is 3.33. The summed E-state index contributed by atoms with van der Waals surface area (Å²) in [5.41, 5.74) is 6.23. The van der Waals surface area contributed by atoms with Crippen LogP contribution < -0.4 is 15.5 Å². The van der Waals surface area contributed by atoms with Gasteiger partial charge in [-0.05, 0) is 104 Å². The maximum absolute atomic E-state index is 14.6. The summed E-state index contributed by atoms with van der Waals surface area (Å²) < 4.78 is 32.4. The normalized spacial score (nSPS) is 15.4. The predicted octanol–water partition coefficient (Wildman–Crippen LogP) is 6.30. The second-order valence-corrected chi connectivity index (χ2v) is 12.8. The van der Waals surface area contributed by atoms with E-state index in [0.717, 1.165) is 85.3 Å². The van der Waals surface area contributed by atoms with Crippen LogP contribution in [-0.4, -0.2) is 55.0 Å². The molecule has 5 heterocycles. The summed E-state index contributed by atoms with van der Waals surface area (Å²) >= 11 is 0. The lowest BCUT2D eigenvalue weighted by atomic mass is 9.90. The fraction of sp³-hybridized carbons (Fsp3) is 0.361. The highest BCUT2D eigenvalue weighted by atomic mass is 19.3. The maximum atomic E-state index is 14.6. The number of alkyl halides is 2. The lowest BCUT2D eigenvalue weighted by Gasteiger charge is -2.33. The molecule has 0 atom stereocenters. The molecule has 2 aliphatic rings. The van der Waals surface area contributed by atoms with Gasteiger partial charge in [-0.15, -0.1) is 10.2 Å². The number of pyridine rings is 1. The number of aromatic carboxylic acids is 1. The number of fused-ring (bicyclic) bond motifs is 2. The molecule has 0 aliphatic carbocycles. The first-order valence-corrected chi connectivity index (χ1v) is 16.3. The smallest absolute Gasteiger partial charge is 0.356 e. The Morgan fingerprint density at radius 3 is 2.44 bits per heavy atom. The third-order valence-corrected chi connectivity index (χ3v) is 9.92. The second kappa shape index (κ2) is 12.8. The van der Waals surface area contributed by atoms with Gasteiger partial charge in [0.15, 0.2) is 11.5 Å². The molecule has 0 saturated carbocycles. The summed E-state index contributed by atoms with van der Waals surface area (Å²) in [5.74, 6) is 0.123. The molecule has 2 aliphatic heterocycles. The van der Waals surface area contributed by atoms with Crippen LogP contribution in [0.3, 0.4) is 0 Å². The molecule has 0 unspecified atom stereocenters. The monoisotopic (exact) mass is 653 g/mol. The molecule has 12 heteroatoms. The Labute approximate surface area is 276 Å². The van der Waals surface area contributed by atoms with Gasteiger partial charge in [-0.25, -0.2) is 18.4 Å². The number of aromatic nitrogens is 5. The highest BCUT2D eigenvalue weighted by Gasteiger charge is 2.26. The predicted molar refractivity (Wildman–Crippen MR) is 180 cm³/mol. The summed E-state index contributed by atoms with van der Waals surface area (Å²) in [6.07, 6.45) is 4.49. The SMILES string of the molecule is Cn1c(=O)n(C)c2cc(N3CCCc4cc(-c5ccc(CCC6CCN(c7ccc(C(=O)O)nn7)CC6)nc5)c(C(F)F)cc43)ccc21. The minimum atomic E-state index is -2.65. The van der Waals surface area contributed by atoms with Crippen LogP contribution in [0.5, 0.6) is 0 Å². The van der Waals surface area contributed by atoms with Crippen LogP contribution in [0.25, 0.3) is 22.2 Å². The Morgan fingerprint density at radius 1 is 0.958 bits per heavy atom. The van der Waals surface area contributed by atoms with Crippen molar-refractivity contribution in [3.63, 3.8) is 0 Å². The highest BCUT2D eigenvalue weighted by molar-refractivity contribution is 5.85. The molecule has 48 heavy (non-hydrogen) atoms. The van der Waals surface area contributed by atoms with Gasteiger partial charge in [-0.3, -0.25) is 14.1 Å². The number of hydrogen-bond donors (Lipinski definition) is 1. The molecule has 1 fully saturated rings. The van der Waals surface area contributed by atoms with E-state index in [1.807, 2.05) is 36.4 Å². The molecular weight excluding hydrogens is 616 g/mol. The number of nitrogens with zero attached hydrogens (tertiary/aromatic N) is 7. The minimum absolute atomic E-state index is 0.0163. The number of carboxylic acid groups (broad SMARTS) is 1. The highest BCUT2D eigenvalue weighted by Crippen LogP contribution is 2.41. The van der Waals surface area contributed by atoms with Crippen molar-refractivity contribution in [1.29, 1.82) is 0 Å². The van der Waals surface area contributed by atoms with E-state index in [9.17, 15) is 18.4 Å². The van der Waals surface area contributed by atoms with Gasteiger partial charge in [0.2, 0.25) is 0 Å². The molecule has 1 saturated heterocycles. The Balaban J connectivity index is 1.04.